The quantitative estimate of drug-likeness (QED) is 0.555. The van der Waals surface area contributed by atoms with Gasteiger partial charge in [-0.2, -0.15) is 0 Å². The summed E-state index contributed by atoms with van der Waals surface area (Å²) in [5.41, 5.74) is 3.14. The molecule has 2 aliphatic heterocycles. The molecule has 0 saturated carbocycles. The van der Waals surface area contributed by atoms with E-state index in [9.17, 15) is 4.79 Å². The third-order valence-corrected chi connectivity index (χ3v) is 7.76. The van der Waals surface area contributed by atoms with E-state index in [1.165, 1.54) is 7.11 Å². The smallest absolute Gasteiger partial charge is 0.453 e. The summed E-state index contributed by atoms with van der Waals surface area (Å²) in [5.74, 6) is 1.08. The number of ether oxygens (including phenoxy) is 1. The molecule has 2 fully saturated rings. The minimum absolute atomic E-state index is 0.0796. The van der Waals surface area contributed by atoms with Crippen molar-refractivity contribution in [2.45, 2.75) is 77.7 Å². The normalized spacial score (nSPS) is 21.6. The topological polar surface area (TPSA) is 88.7 Å². The monoisotopic (exact) mass is 494 g/mol. The molecule has 1 aromatic carbocycles. The van der Waals surface area contributed by atoms with Gasteiger partial charge in [0.05, 0.1) is 42.3 Å². The van der Waals surface area contributed by atoms with Crippen LogP contribution in [-0.4, -0.2) is 59.0 Å². The number of imidazole rings is 1. The molecule has 0 spiro atoms. The SMILES string of the molecule is C=C([C@@H](NC(=O)OC)C(C)C)N1CCC[C@H]1c1ncc(-c2ccc(B3OC(C)(C)C(C)(C)O3)cc2)[nH]1. The largest absolute Gasteiger partial charge is 0.494 e. The summed E-state index contributed by atoms with van der Waals surface area (Å²) in [6.45, 7) is 17.6. The van der Waals surface area contributed by atoms with Crippen LogP contribution < -0.4 is 10.8 Å². The molecule has 4 rings (SSSR count). The van der Waals surface area contributed by atoms with Gasteiger partial charge in [0.2, 0.25) is 0 Å². The van der Waals surface area contributed by atoms with Gasteiger partial charge in [-0.1, -0.05) is 44.7 Å². The van der Waals surface area contributed by atoms with E-state index in [0.717, 1.165) is 47.6 Å². The maximum Gasteiger partial charge on any atom is 0.494 e. The molecule has 2 aromatic rings. The number of hydrogen-bond donors (Lipinski definition) is 2. The van der Waals surface area contributed by atoms with Crippen LogP contribution in [0.4, 0.5) is 4.79 Å². The molecule has 8 nitrogen and oxygen atoms in total. The Labute approximate surface area is 214 Å². The lowest BCUT2D eigenvalue weighted by atomic mass is 9.79. The summed E-state index contributed by atoms with van der Waals surface area (Å²) in [7, 11) is 0.993. The molecule has 0 bridgehead atoms. The Bertz CT molecular complexity index is 1080. The highest BCUT2D eigenvalue weighted by molar-refractivity contribution is 6.62. The lowest BCUT2D eigenvalue weighted by molar-refractivity contribution is 0.00578. The molecule has 0 aliphatic carbocycles. The van der Waals surface area contributed by atoms with Gasteiger partial charge in [0.1, 0.15) is 5.82 Å². The van der Waals surface area contributed by atoms with Gasteiger partial charge in [-0.25, -0.2) is 9.78 Å². The van der Waals surface area contributed by atoms with Crippen LogP contribution in [0.15, 0.2) is 42.7 Å². The van der Waals surface area contributed by atoms with Gasteiger partial charge in [-0.05, 0) is 57.5 Å². The van der Waals surface area contributed by atoms with Crippen LogP contribution in [0.2, 0.25) is 0 Å². The number of methoxy groups -OCH3 is 1. The van der Waals surface area contributed by atoms with Gasteiger partial charge in [-0.3, -0.25) is 0 Å². The zero-order valence-corrected chi connectivity index (χ0v) is 22.6. The van der Waals surface area contributed by atoms with E-state index in [-0.39, 0.29) is 36.3 Å². The lowest BCUT2D eigenvalue weighted by Crippen LogP contribution is -2.44. The van der Waals surface area contributed by atoms with Crippen molar-refractivity contribution in [3.8, 4) is 11.3 Å². The summed E-state index contributed by atoms with van der Waals surface area (Å²) >= 11 is 0. The number of hydrogen-bond acceptors (Lipinski definition) is 6. The minimum atomic E-state index is -0.449. The summed E-state index contributed by atoms with van der Waals surface area (Å²) in [6, 6.07) is 8.10. The summed E-state index contributed by atoms with van der Waals surface area (Å²) in [4.78, 5) is 22.4. The van der Waals surface area contributed by atoms with Crippen LogP contribution in [0.25, 0.3) is 11.3 Å². The Hall–Kier alpha value is -2.78. The van der Waals surface area contributed by atoms with E-state index < -0.39 is 6.09 Å². The second-order valence-electron chi connectivity index (χ2n) is 11.1. The minimum Gasteiger partial charge on any atom is -0.453 e. The van der Waals surface area contributed by atoms with E-state index in [0.29, 0.717) is 0 Å². The van der Waals surface area contributed by atoms with Crippen LogP contribution in [0.1, 0.15) is 66.3 Å². The molecule has 194 valence electrons. The number of nitrogens with zero attached hydrogens (tertiary/aromatic N) is 2. The molecular weight excluding hydrogens is 455 g/mol. The summed E-state index contributed by atoms with van der Waals surface area (Å²) in [5, 5.41) is 2.93. The Balaban J connectivity index is 1.48. The Morgan fingerprint density at radius 2 is 1.86 bits per heavy atom. The maximum absolute atomic E-state index is 11.9. The number of aromatic nitrogens is 2. The predicted molar refractivity (Wildman–Crippen MR) is 142 cm³/mol. The first-order valence-corrected chi connectivity index (χ1v) is 12.7. The van der Waals surface area contributed by atoms with Crippen molar-refractivity contribution < 1.29 is 18.8 Å². The van der Waals surface area contributed by atoms with Crippen molar-refractivity contribution in [2.75, 3.05) is 13.7 Å². The van der Waals surface area contributed by atoms with Gasteiger partial charge in [0, 0.05) is 12.2 Å². The number of alkyl carbamates (subject to hydrolysis) is 1. The highest BCUT2D eigenvalue weighted by Gasteiger charge is 2.51. The number of benzene rings is 1. The fourth-order valence-corrected chi connectivity index (χ4v) is 4.85. The second-order valence-corrected chi connectivity index (χ2v) is 11.1. The zero-order valence-electron chi connectivity index (χ0n) is 22.6. The zero-order chi connectivity index (χ0) is 26.3. The van der Waals surface area contributed by atoms with Crippen molar-refractivity contribution in [3.63, 3.8) is 0 Å². The van der Waals surface area contributed by atoms with Gasteiger partial charge in [0.15, 0.2) is 0 Å². The number of rotatable bonds is 7. The average molecular weight is 494 g/mol. The van der Waals surface area contributed by atoms with E-state index in [1.807, 2.05) is 18.3 Å². The molecule has 1 amide bonds. The summed E-state index contributed by atoms with van der Waals surface area (Å²) in [6.07, 6.45) is 3.43. The number of H-pyrrole nitrogens is 1. The Morgan fingerprint density at radius 3 is 2.44 bits per heavy atom. The number of carbonyl (C=O) groups is 1. The first-order valence-electron chi connectivity index (χ1n) is 12.7. The molecule has 0 unspecified atom stereocenters. The Kier molecular flexibility index (Phi) is 7.26. The van der Waals surface area contributed by atoms with Crippen molar-refractivity contribution >= 4 is 18.7 Å². The van der Waals surface area contributed by atoms with Gasteiger partial charge >= 0.3 is 13.2 Å². The molecule has 2 aliphatic rings. The number of nitrogens with one attached hydrogen (secondary N) is 2. The molecule has 3 heterocycles. The highest BCUT2D eigenvalue weighted by atomic mass is 16.7. The van der Waals surface area contributed by atoms with Crippen molar-refractivity contribution in [1.82, 2.24) is 20.2 Å². The number of amides is 1. The third kappa shape index (κ3) is 5.04. The standard InChI is InChI=1S/C27H39BN4O4/c1-17(2)23(31-25(33)34-8)18(3)32-15-9-10-22(32)24-29-16-21(30-24)19-11-13-20(14-12-19)28-35-26(4,5)27(6,7)36-28/h11-14,16-17,22-23H,3,9-10,15H2,1-2,4-8H3,(H,29,30)(H,31,33)/t22-,23-/m0/s1. The van der Waals surface area contributed by atoms with Crippen molar-refractivity contribution in [1.29, 1.82) is 0 Å². The van der Waals surface area contributed by atoms with Crippen LogP contribution in [0.3, 0.4) is 0 Å². The van der Waals surface area contributed by atoms with E-state index in [1.54, 1.807) is 0 Å². The predicted octanol–water partition coefficient (Wildman–Crippen LogP) is 4.41. The average Bonchev–Trinajstić information content (AvgIpc) is 3.54. The van der Waals surface area contributed by atoms with Crippen LogP contribution in [0, 0.1) is 5.92 Å². The molecular formula is C27H39BN4O4. The Morgan fingerprint density at radius 1 is 1.22 bits per heavy atom. The molecule has 2 N–H and O–H groups in total. The third-order valence-electron chi connectivity index (χ3n) is 7.76. The fourth-order valence-electron chi connectivity index (χ4n) is 4.85. The molecule has 1 aromatic heterocycles. The summed E-state index contributed by atoms with van der Waals surface area (Å²) < 4.78 is 17.2. The molecule has 36 heavy (non-hydrogen) atoms. The molecule has 2 saturated heterocycles. The molecule has 2 atom stereocenters. The van der Waals surface area contributed by atoms with Crippen molar-refractivity contribution in [3.05, 3.63) is 48.6 Å². The van der Waals surface area contributed by atoms with Gasteiger partial charge < -0.3 is 29.2 Å². The highest BCUT2D eigenvalue weighted by Crippen LogP contribution is 2.37. The lowest BCUT2D eigenvalue weighted by Gasteiger charge is -2.34. The first kappa shape index (κ1) is 26.3. The van der Waals surface area contributed by atoms with Gasteiger partial charge in [0.25, 0.3) is 0 Å². The van der Waals surface area contributed by atoms with Crippen LogP contribution in [-0.2, 0) is 14.0 Å². The van der Waals surface area contributed by atoms with Crippen molar-refractivity contribution in [2.24, 2.45) is 5.92 Å². The fraction of sp³-hybridized carbons (Fsp3) is 0.556. The molecule has 9 heteroatoms. The number of likely N-dealkylation sites (tertiary alicyclic amines) is 1. The number of carbonyl (C=O) groups excluding carboxylic acids is 1. The van der Waals surface area contributed by atoms with Crippen LogP contribution >= 0.6 is 0 Å². The first-order chi connectivity index (χ1) is 16.9. The van der Waals surface area contributed by atoms with E-state index >= 15 is 0 Å². The second kappa shape index (κ2) is 9.94. The number of aromatic amines is 1. The van der Waals surface area contributed by atoms with E-state index in [4.69, 9.17) is 19.0 Å². The maximum atomic E-state index is 11.9. The van der Waals surface area contributed by atoms with Crippen LogP contribution in [0.5, 0.6) is 0 Å². The molecule has 0 radical (unpaired) electrons. The van der Waals surface area contributed by atoms with E-state index in [2.05, 4.69) is 75.5 Å². The van der Waals surface area contributed by atoms with Gasteiger partial charge in [-0.15, -0.1) is 0 Å².